The molecule has 5 heteroatoms. The van der Waals surface area contributed by atoms with E-state index in [0.29, 0.717) is 0 Å². The van der Waals surface area contributed by atoms with Gasteiger partial charge in [-0.1, -0.05) is 12.1 Å². The third kappa shape index (κ3) is 4.76. The Morgan fingerprint density at radius 1 is 1.07 bits per heavy atom. The third-order valence-electron chi connectivity index (χ3n) is 6.54. The number of benzene rings is 1. The van der Waals surface area contributed by atoms with E-state index >= 15 is 0 Å². The number of ether oxygens (including phenoxy) is 1. The number of nitrogens with one attached hydrogen (secondary N) is 1. The Morgan fingerprint density at radius 3 is 2.61 bits per heavy atom. The maximum absolute atomic E-state index is 5.23. The van der Waals surface area contributed by atoms with Gasteiger partial charge in [0, 0.05) is 51.3 Å². The molecule has 28 heavy (non-hydrogen) atoms. The minimum Gasteiger partial charge on any atom is -0.385 e. The standard InChI is InChI=1S/C23H34N4O/c1-28-17-3-5-19-4-2-14-27(18-19)22-11-15-26(16-12-22)21-8-6-20(7-9-21)23-10-13-24-25-23/h6-10,13,19,22H,2-5,11-12,14-18H2,1H3,(H,24,25)/t19-/m1/s1. The van der Waals surface area contributed by atoms with E-state index in [2.05, 4.69) is 44.3 Å². The number of methoxy groups -OCH3 is 1. The number of hydrogen-bond donors (Lipinski definition) is 1. The number of anilines is 1. The molecule has 0 bridgehead atoms. The van der Waals surface area contributed by atoms with Crippen LogP contribution in [0.2, 0.25) is 0 Å². The summed E-state index contributed by atoms with van der Waals surface area (Å²) in [6.07, 6.45) is 9.68. The summed E-state index contributed by atoms with van der Waals surface area (Å²) in [6.45, 7) is 5.84. The second-order valence-corrected chi connectivity index (χ2v) is 8.37. The molecule has 2 fully saturated rings. The number of piperidine rings is 2. The van der Waals surface area contributed by atoms with Gasteiger partial charge in [-0.15, -0.1) is 0 Å². The first-order chi connectivity index (χ1) is 13.8. The summed E-state index contributed by atoms with van der Waals surface area (Å²) in [4.78, 5) is 5.34. The van der Waals surface area contributed by atoms with Crippen molar-refractivity contribution in [3.05, 3.63) is 36.5 Å². The third-order valence-corrected chi connectivity index (χ3v) is 6.54. The molecule has 0 unspecified atom stereocenters. The molecule has 5 nitrogen and oxygen atoms in total. The molecule has 0 spiro atoms. The summed E-state index contributed by atoms with van der Waals surface area (Å²) < 4.78 is 5.23. The molecule has 0 saturated carbocycles. The average molecular weight is 383 g/mol. The van der Waals surface area contributed by atoms with Crippen molar-refractivity contribution >= 4 is 5.69 Å². The van der Waals surface area contributed by atoms with Gasteiger partial charge in [0.2, 0.25) is 0 Å². The molecule has 0 aliphatic carbocycles. The second kappa shape index (κ2) is 9.57. The van der Waals surface area contributed by atoms with E-state index in [1.54, 1.807) is 6.20 Å². The van der Waals surface area contributed by atoms with Crippen molar-refractivity contribution in [2.75, 3.05) is 44.8 Å². The number of H-pyrrole nitrogens is 1. The average Bonchev–Trinajstić information content (AvgIpc) is 3.29. The SMILES string of the molecule is COCCC[C@H]1CCCN(C2CCN(c3ccc(-c4ccn[nH]4)cc3)CC2)C1. The highest BCUT2D eigenvalue weighted by molar-refractivity contribution is 5.62. The number of aromatic amines is 1. The fraction of sp³-hybridized carbons (Fsp3) is 0.609. The molecule has 4 rings (SSSR count). The zero-order valence-electron chi connectivity index (χ0n) is 17.1. The molecular weight excluding hydrogens is 348 g/mol. The van der Waals surface area contributed by atoms with Crippen LogP contribution in [0, 0.1) is 5.92 Å². The van der Waals surface area contributed by atoms with Gasteiger partial charge in [0.1, 0.15) is 0 Å². The van der Waals surface area contributed by atoms with Gasteiger partial charge in [-0.2, -0.15) is 5.10 Å². The molecule has 152 valence electrons. The molecule has 3 heterocycles. The molecule has 0 radical (unpaired) electrons. The van der Waals surface area contributed by atoms with Crippen LogP contribution < -0.4 is 4.90 Å². The molecule has 2 aromatic rings. The first-order valence-electron chi connectivity index (χ1n) is 10.9. The molecule has 0 amide bonds. The highest BCUT2D eigenvalue weighted by Crippen LogP contribution is 2.29. The Kier molecular flexibility index (Phi) is 6.65. The van der Waals surface area contributed by atoms with Crippen molar-refractivity contribution in [3.8, 4) is 11.3 Å². The van der Waals surface area contributed by atoms with Gasteiger partial charge < -0.3 is 9.64 Å². The van der Waals surface area contributed by atoms with Crippen LogP contribution >= 0.6 is 0 Å². The predicted octanol–water partition coefficient (Wildman–Crippen LogP) is 4.18. The molecule has 1 N–H and O–H groups in total. The van der Waals surface area contributed by atoms with Crippen molar-refractivity contribution in [2.24, 2.45) is 5.92 Å². The number of likely N-dealkylation sites (tertiary alicyclic amines) is 1. The molecule has 1 aromatic carbocycles. The Morgan fingerprint density at radius 2 is 1.89 bits per heavy atom. The van der Waals surface area contributed by atoms with Crippen molar-refractivity contribution in [1.29, 1.82) is 0 Å². The van der Waals surface area contributed by atoms with Gasteiger partial charge in [-0.05, 0) is 74.8 Å². The van der Waals surface area contributed by atoms with E-state index in [-0.39, 0.29) is 0 Å². The lowest BCUT2D eigenvalue weighted by molar-refractivity contribution is 0.0971. The smallest absolute Gasteiger partial charge is 0.0650 e. The van der Waals surface area contributed by atoms with Crippen LogP contribution in [0.3, 0.4) is 0 Å². The topological polar surface area (TPSA) is 44.4 Å². The fourth-order valence-electron chi connectivity index (χ4n) is 4.94. The zero-order valence-corrected chi connectivity index (χ0v) is 17.1. The van der Waals surface area contributed by atoms with Crippen molar-refractivity contribution < 1.29 is 4.74 Å². The van der Waals surface area contributed by atoms with Gasteiger partial charge in [0.15, 0.2) is 0 Å². The quantitative estimate of drug-likeness (QED) is 0.730. The van der Waals surface area contributed by atoms with Gasteiger partial charge in [0.25, 0.3) is 0 Å². The zero-order chi connectivity index (χ0) is 19.2. The Bertz CT molecular complexity index is 692. The molecule has 1 aromatic heterocycles. The highest BCUT2D eigenvalue weighted by atomic mass is 16.5. The molecular formula is C23H34N4O. The van der Waals surface area contributed by atoms with Crippen LogP contribution in [0.5, 0.6) is 0 Å². The summed E-state index contributed by atoms with van der Waals surface area (Å²) in [5.74, 6) is 0.872. The second-order valence-electron chi connectivity index (χ2n) is 8.37. The number of nitrogens with zero attached hydrogens (tertiary/aromatic N) is 3. The summed E-state index contributed by atoms with van der Waals surface area (Å²) in [6, 6.07) is 11.7. The minimum atomic E-state index is 0.769. The van der Waals surface area contributed by atoms with Crippen LogP contribution in [0.4, 0.5) is 5.69 Å². The largest absolute Gasteiger partial charge is 0.385 e. The van der Waals surface area contributed by atoms with E-state index in [0.717, 1.165) is 24.3 Å². The van der Waals surface area contributed by atoms with Gasteiger partial charge in [0.05, 0.1) is 5.69 Å². The summed E-state index contributed by atoms with van der Waals surface area (Å²) >= 11 is 0. The van der Waals surface area contributed by atoms with Gasteiger partial charge in [-0.3, -0.25) is 10.00 Å². The lowest BCUT2D eigenvalue weighted by Gasteiger charge is -2.43. The van der Waals surface area contributed by atoms with E-state index in [9.17, 15) is 0 Å². The number of hydrogen-bond acceptors (Lipinski definition) is 4. The maximum atomic E-state index is 5.23. The lowest BCUT2D eigenvalue weighted by Crippen LogP contribution is -2.48. The van der Waals surface area contributed by atoms with Crippen molar-refractivity contribution in [2.45, 2.75) is 44.6 Å². The fourth-order valence-corrected chi connectivity index (χ4v) is 4.94. The highest BCUT2D eigenvalue weighted by Gasteiger charge is 2.28. The summed E-state index contributed by atoms with van der Waals surface area (Å²) in [5, 5.41) is 7.08. The molecule has 2 aliphatic heterocycles. The van der Waals surface area contributed by atoms with Crippen molar-refractivity contribution in [1.82, 2.24) is 15.1 Å². The Balaban J connectivity index is 1.27. The van der Waals surface area contributed by atoms with E-state index < -0.39 is 0 Å². The van der Waals surface area contributed by atoms with E-state index in [4.69, 9.17) is 4.74 Å². The Labute approximate surface area is 169 Å². The van der Waals surface area contributed by atoms with Crippen LogP contribution in [0.25, 0.3) is 11.3 Å². The van der Waals surface area contributed by atoms with Gasteiger partial charge in [-0.25, -0.2) is 0 Å². The molecule has 2 aliphatic rings. The summed E-state index contributed by atoms with van der Waals surface area (Å²) in [7, 11) is 1.81. The Hall–Kier alpha value is -1.85. The van der Waals surface area contributed by atoms with Crippen LogP contribution in [0.1, 0.15) is 38.5 Å². The van der Waals surface area contributed by atoms with E-state index in [1.807, 2.05) is 13.2 Å². The van der Waals surface area contributed by atoms with Crippen LogP contribution in [-0.2, 0) is 4.74 Å². The molecule has 1 atom stereocenters. The lowest BCUT2D eigenvalue weighted by atomic mass is 9.91. The predicted molar refractivity (Wildman–Crippen MR) is 115 cm³/mol. The van der Waals surface area contributed by atoms with Crippen LogP contribution in [0.15, 0.2) is 36.5 Å². The molecule has 2 saturated heterocycles. The minimum absolute atomic E-state index is 0.769. The summed E-state index contributed by atoms with van der Waals surface area (Å²) in [5.41, 5.74) is 3.62. The normalized spacial score (nSPS) is 21.9. The maximum Gasteiger partial charge on any atom is 0.0650 e. The number of aromatic nitrogens is 2. The first-order valence-corrected chi connectivity index (χ1v) is 10.9. The number of rotatable bonds is 7. The van der Waals surface area contributed by atoms with Gasteiger partial charge >= 0.3 is 0 Å². The monoisotopic (exact) mass is 382 g/mol. The van der Waals surface area contributed by atoms with Crippen LogP contribution in [-0.4, -0.2) is 61.0 Å². The van der Waals surface area contributed by atoms with E-state index in [1.165, 1.54) is 76.0 Å². The first kappa shape index (κ1) is 19.5. The van der Waals surface area contributed by atoms with Crippen molar-refractivity contribution in [3.63, 3.8) is 0 Å².